The summed E-state index contributed by atoms with van der Waals surface area (Å²) in [6.07, 6.45) is 1.67. The highest BCUT2D eigenvalue weighted by Crippen LogP contribution is 2.10. The molecule has 90 valence electrons. The fourth-order valence-corrected chi connectivity index (χ4v) is 1.67. The molecule has 1 aromatic heterocycles. The Hall–Kier alpha value is -1.50. The molecule has 7 nitrogen and oxygen atoms in total. The lowest BCUT2D eigenvalue weighted by Gasteiger charge is -2.28. The second-order valence-corrected chi connectivity index (χ2v) is 3.43. The molecule has 0 unspecified atom stereocenters. The molecule has 0 saturated carbocycles. The fourth-order valence-electron chi connectivity index (χ4n) is 1.67. The van der Waals surface area contributed by atoms with Crippen molar-refractivity contribution in [2.45, 2.75) is 32.7 Å². The van der Waals surface area contributed by atoms with Crippen LogP contribution < -0.4 is 0 Å². The van der Waals surface area contributed by atoms with Gasteiger partial charge in [-0.05, 0) is 18.1 Å². The van der Waals surface area contributed by atoms with E-state index in [1.165, 1.54) is 0 Å². The highest BCUT2D eigenvalue weighted by Gasteiger charge is 2.24. The first-order valence-corrected chi connectivity index (χ1v) is 5.39. The number of hydrogen-bond acceptors (Lipinski definition) is 5. The second kappa shape index (κ2) is 6.16. The van der Waals surface area contributed by atoms with Crippen LogP contribution in [0.1, 0.15) is 37.3 Å². The van der Waals surface area contributed by atoms with Crippen molar-refractivity contribution in [3.8, 4) is 0 Å². The Kier molecular flexibility index (Phi) is 4.84. The summed E-state index contributed by atoms with van der Waals surface area (Å²) < 4.78 is 0. The van der Waals surface area contributed by atoms with Gasteiger partial charge in [0.25, 0.3) is 11.7 Å². The monoisotopic (exact) mass is 227 g/mol. The number of hydrogen-bond donors (Lipinski definition) is 2. The highest BCUT2D eigenvalue weighted by atomic mass is 16.3. The van der Waals surface area contributed by atoms with Crippen LogP contribution in [0.4, 0.5) is 0 Å². The van der Waals surface area contributed by atoms with E-state index in [4.69, 9.17) is 5.11 Å². The van der Waals surface area contributed by atoms with Crippen LogP contribution in [0.5, 0.6) is 0 Å². The molecule has 0 aliphatic heterocycles. The minimum atomic E-state index is -0.295. The molecule has 0 saturated heterocycles. The zero-order valence-electron chi connectivity index (χ0n) is 9.55. The molecule has 1 heterocycles. The Balaban J connectivity index is 2.80. The smallest absolute Gasteiger partial charge is 0.295 e. The van der Waals surface area contributed by atoms with Crippen LogP contribution in [0.2, 0.25) is 0 Å². The minimum Gasteiger partial charge on any atom is -0.395 e. The average Bonchev–Trinajstić information content (AvgIpc) is 2.82. The molecule has 0 aromatic carbocycles. The Morgan fingerprint density at radius 2 is 2.19 bits per heavy atom. The quantitative estimate of drug-likeness (QED) is 0.703. The fraction of sp³-hybridized carbons (Fsp3) is 0.778. The lowest BCUT2D eigenvalue weighted by atomic mass is 10.1. The summed E-state index contributed by atoms with van der Waals surface area (Å²) >= 11 is 0. The molecule has 1 amide bonds. The van der Waals surface area contributed by atoms with Crippen molar-refractivity contribution < 1.29 is 9.90 Å². The van der Waals surface area contributed by atoms with Crippen LogP contribution >= 0.6 is 0 Å². The number of H-pyrrole nitrogens is 1. The number of aromatic amines is 1. The van der Waals surface area contributed by atoms with Gasteiger partial charge in [-0.15, -0.1) is 10.2 Å². The summed E-state index contributed by atoms with van der Waals surface area (Å²) in [6.45, 7) is 4.23. The molecule has 0 fully saturated rings. The summed E-state index contributed by atoms with van der Waals surface area (Å²) in [6, 6.07) is 0.0955. The number of amides is 1. The molecule has 0 radical (unpaired) electrons. The van der Waals surface area contributed by atoms with Gasteiger partial charge in [0.1, 0.15) is 0 Å². The number of carbonyl (C=O) groups excluding carboxylic acids is 1. The van der Waals surface area contributed by atoms with Crippen molar-refractivity contribution in [1.82, 2.24) is 25.5 Å². The molecule has 2 N–H and O–H groups in total. The molecule has 1 aromatic rings. The molecule has 0 spiro atoms. The predicted molar refractivity (Wildman–Crippen MR) is 56.7 cm³/mol. The van der Waals surface area contributed by atoms with Crippen LogP contribution in [0, 0.1) is 0 Å². The summed E-state index contributed by atoms with van der Waals surface area (Å²) in [5.74, 6) is -0.253. The molecule has 0 atom stereocenters. The molecule has 0 bridgehead atoms. The van der Waals surface area contributed by atoms with Crippen LogP contribution in [-0.2, 0) is 0 Å². The summed E-state index contributed by atoms with van der Waals surface area (Å²) in [5.41, 5.74) is 0. The Bertz CT molecular complexity index is 310. The van der Waals surface area contributed by atoms with E-state index in [-0.39, 0.29) is 24.4 Å². The molecule has 0 aliphatic carbocycles. The molecule has 7 heteroatoms. The normalized spacial score (nSPS) is 10.8. The molecule has 16 heavy (non-hydrogen) atoms. The molecular weight excluding hydrogens is 210 g/mol. The lowest BCUT2D eigenvalue weighted by molar-refractivity contribution is 0.0610. The van der Waals surface area contributed by atoms with Crippen LogP contribution in [0.15, 0.2) is 0 Å². The van der Waals surface area contributed by atoms with Crippen molar-refractivity contribution in [2.24, 2.45) is 0 Å². The summed E-state index contributed by atoms with van der Waals surface area (Å²) in [4.78, 5) is 13.6. The number of nitrogens with zero attached hydrogens (tertiary/aromatic N) is 4. The Morgan fingerprint density at radius 1 is 1.50 bits per heavy atom. The number of nitrogens with one attached hydrogen (secondary N) is 1. The first kappa shape index (κ1) is 12.6. The largest absolute Gasteiger partial charge is 0.395 e. The van der Waals surface area contributed by atoms with Crippen molar-refractivity contribution in [1.29, 1.82) is 0 Å². The van der Waals surface area contributed by atoms with E-state index < -0.39 is 0 Å². The number of tetrazole rings is 1. The average molecular weight is 227 g/mol. The van der Waals surface area contributed by atoms with Crippen LogP contribution in [-0.4, -0.2) is 55.7 Å². The number of aliphatic hydroxyl groups is 1. The standard InChI is InChI=1S/C9H17N5O2/c1-3-7(4-2)14(5-6-15)9(16)8-10-12-13-11-8/h7,15H,3-6H2,1-2H3,(H,10,11,12,13). The zero-order chi connectivity index (χ0) is 12.0. The molecule has 1 rings (SSSR count). The maximum absolute atomic E-state index is 12.0. The third-order valence-electron chi connectivity index (χ3n) is 2.52. The number of carbonyl (C=O) groups is 1. The zero-order valence-corrected chi connectivity index (χ0v) is 9.55. The van der Waals surface area contributed by atoms with Crippen LogP contribution in [0.25, 0.3) is 0 Å². The van der Waals surface area contributed by atoms with Gasteiger partial charge in [-0.2, -0.15) is 5.21 Å². The van der Waals surface area contributed by atoms with E-state index in [0.29, 0.717) is 6.54 Å². The first-order chi connectivity index (χ1) is 7.74. The van der Waals surface area contributed by atoms with Gasteiger partial charge >= 0.3 is 0 Å². The molecular formula is C9H17N5O2. The highest BCUT2D eigenvalue weighted by molar-refractivity contribution is 5.90. The van der Waals surface area contributed by atoms with Gasteiger partial charge in [-0.25, -0.2) is 0 Å². The van der Waals surface area contributed by atoms with Gasteiger partial charge in [0, 0.05) is 12.6 Å². The van der Waals surface area contributed by atoms with E-state index in [2.05, 4.69) is 20.6 Å². The maximum Gasteiger partial charge on any atom is 0.295 e. The van der Waals surface area contributed by atoms with Gasteiger partial charge in [0.15, 0.2) is 0 Å². The maximum atomic E-state index is 12.0. The van der Waals surface area contributed by atoms with Gasteiger partial charge in [0.2, 0.25) is 0 Å². The van der Waals surface area contributed by atoms with Gasteiger partial charge in [-0.3, -0.25) is 4.79 Å². The van der Waals surface area contributed by atoms with Crippen molar-refractivity contribution in [3.05, 3.63) is 5.82 Å². The van der Waals surface area contributed by atoms with E-state index in [1.807, 2.05) is 13.8 Å². The van der Waals surface area contributed by atoms with Gasteiger partial charge < -0.3 is 10.0 Å². The Morgan fingerprint density at radius 3 is 2.62 bits per heavy atom. The third-order valence-corrected chi connectivity index (χ3v) is 2.52. The van der Waals surface area contributed by atoms with E-state index in [0.717, 1.165) is 12.8 Å². The van der Waals surface area contributed by atoms with E-state index in [1.54, 1.807) is 4.90 Å². The van der Waals surface area contributed by atoms with Crippen molar-refractivity contribution in [3.63, 3.8) is 0 Å². The van der Waals surface area contributed by atoms with Gasteiger partial charge in [-0.1, -0.05) is 13.8 Å². The third kappa shape index (κ3) is 2.75. The lowest BCUT2D eigenvalue weighted by Crippen LogP contribution is -2.42. The van der Waals surface area contributed by atoms with Crippen molar-refractivity contribution in [2.75, 3.05) is 13.2 Å². The van der Waals surface area contributed by atoms with E-state index in [9.17, 15) is 4.79 Å². The SMILES string of the molecule is CCC(CC)N(CCO)C(=O)c1nn[nH]n1. The van der Waals surface area contributed by atoms with Crippen molar-refractivity contribution >= 4 is 5.91 Å². The number of rotatable bonds is 6. The Labute approximate surface area is 93.8 Å². The minimum absolute atomic E-state index is 0.0420. The summed E-state index contributed by atoms with van der Waals surface area (Å²) in [7, 11) is 0. The molecule has 0 aliphatic rings. The van der Waals surface area contributed by atoms with E-state index >= 15 is 0 Å². The van der Waals surface area contributed by atoms with Gasteiger partial charge in [0.05, 0.1) is 6.61 Å². The number of aromatic nitrogens is 4. The van der Waals surface area contributed by atoms with Crippen LogP contribution in [0.3, 0.4) is 0 Å². The topological polar surface area (TPSA) is 95.0 Å². The second-order valence-electron chi connectivity index (χ2n) is 3.43. The first-order valence-electron chi connectivity index (χ1n) is 5.39. The predicted octanol–water partition coefficient (Wildman–Crippen LogP) is -0.177. The summed E-state index contributed by atoms with van der Waals surface area (Å²) in [5, 5.41) is 21.9. The number of aliphatic hydroxyl groups excluding tert-OH is 1.